The fourth-order valence-electron chi connectivity index (χ4n) is 2.39. The monoisotopic (exact) mass is 294 g/mol. The van der Waals surface area contributed by atoms with Crippen LogP contribution in [0.5, 0.6) is 0 Å². The van der Waals surface area contributed by atoms with Crippen LogP contribution in [-0.4, -0.2) is 52.5 Å². The van der Waals surface area contributed by atoms with Crippen LogP contribution in [-0.2, 0) is 16.1 Å². The van der Waals surface area contributed by atoms with Crippen molar-refractivity contribution in [3.05, 3.63) is 35.0 Å². The van der Waals surface area contributed by atoms with E-state index in [9.17, 15) is 9.59 Å². The van der Waals surface area contributed by atoms with E-state index in [1.54, 1.807) is 22.3 Å². The van der Waals surface area contributed by atoms with E-state index in [4.69, 9.17) is 5.11 Å². The molecule has 5 nitrogen and oxygen atoms in total. The number of nitrogens with zero attached hydrogens (tertiary/aromatic N) is 2. The molecule has 0 radical (unpaired) electrons. The molecule has 6 heteroatoms. The first-order valence-electron chi connectivity index (χ1n) is 6.49. The number of piperazine rings is 1. The number of carbonyl (C=O) groups excluding carboxylic acids is 1. The number of thiophene rings is 1. The third-order valence-electron chi connectivity index (χ3n) is 3.35. The molecule has 0 aromatic carbocycles. The highest BCUT2D eigenvalue weighted by molar-refractivity contribution is 7.09. The van der Waals surface area contributed by atoms with Gasteiger partial charge in [0.2, 0.25) is 5.91 Å². The predicted octanol–water partition coefficient (Wildman–Crippen LogP) is 1.42. The number of carboxylic acid groups (broad SMARTS) is 1. The first-order valence-corrected chi connectivity index (χ1v) is 7.37. The van der Waals surface area contributed by atoms with Crippen LogP contribution in [0.15, 0.2) is 30.2 Å². The molecule has 1 N–H and O–H groups in total. The Morgan fingerprint density at radius 3 is 2.95 bits per heavy atom. The maximum Gasteiger partial charge on any atom is 0.305 e. The Balaban J connectivity index is 2.11. The number of amides is 1. The van der Waals surface area contributed by atoms with Gasteiger partial charge in [0.15, 0.2) is 0 Å². The third-order valence-corrected chi connectivity index (χ3v) is 4.21. The highest BCUT2D eigenvalue weighted by atomic mass is 32.1. The summed E-state index contributed by atoms with van der Waals surface area (Å²) in [6.45, 7) is 6.04. The maximum atomic E-state index is 12.4. The number of hydrogen-bond acceptors (Lipinski definition) is 4. The lowest BCUT2D eigenvalue weighted by atomic mass is 10.1. The summed E-state index contributed by atoms with van der Waals surface area (Å²) >= 11 is 1.62. The molecule has 0 aliphatic carbocycles. The standard InChI is InChI=1S/C14H18N2O3S/c1-2-5-15-6-7-16(10-11-4-3-8-20-11)12(14(15)19)9-13(17)18/h2-4,8,12H,1,5-7,9-10H2,(H,17,18). The molecule has 0 spiro atoms. The van der Waals surface area contributed by atoms with Crippen LogP contribution < -0.4 is 0 Å². The normalized spacial score (nSPS) is 20.1. The van der Waals surface area contributed by atoms with E-state index in [0.29, 0.717) is 26.2 Å². The molecule has 1 aliphatic rings. The second-order valence-corrected chi connectivity index (χ2v) is 5.77. The predicted molar refractivity (Wildman–Crippen MR) is 77.5 cm³/mol. The van der Waals surface area contributed by atoms with Crippen molar-refractivity contribution in [1.82, 2.24) is 9.80 Å². The van der Waals surface area contributed by atoms with Crippen molar-refractivity contribution in [3.8, 4) is 0 Å². The molecular formula is C14H18N2O3S. The molecule has 1 saturated heterocycles. The molecule has 0 saturated carbocycles. The van der Waals surface area contributed by atoms with Crippen molar-refractivity contribution in [1.29, 1.82) is 0 Å². The Labute approximate surface area is 122 Å². The highest BCUT2D eigenvalue weighted by Gasteiger charge is 2.35. The zero-order valence-electron chi connectivity index (χ0n) is 11.2. The Bertz CT molecular complexity index is 487. The molecule has 108 valence electrons. The molecule has 1 aromatic rings. The number of aliphatic carboxylic acids is 1. The first-order chi connectivity index (χ1) is 9.61. The zero-order chi connectivity index (χ0) is 14.5. The molecule has 1 aromatic heterocycles. The van der Waals surface area contributed by atoms with Crippen LogP contribution in [0.3, 0.4) is 0 Å². The van der Waals surface area contributed by atoms with Gasteiger partial charge in [-0.25, -0.2) is 0 Å². The summed E-state index contributed by atoms with van der Waals surface area (Å²) in [6, 6.07) is 3.38. The lowest BCUT2D eigenvalue weighted by Crippen LogP contribution is -2.57. The Morgan fingerprint density at radius 1 is 1.55 bits per heavy atom. The van der Waals surface area contributed by atoms with E-state index in [1.165, 1.54) is 0 Å². The Morgan fingerprint density at radius 2 is 2.35 bits per heavy atom. The van der Waals surface area contributed by atoms with Crippen molar-refractivity contribution in [2.45, 2.75) is 19.0 Å². The molecule has 1 unspecified atom stereocenters. The van der Waals surface area contributed by atoms with E-state index in [0.717, 1.165) is 4.88 Å². The van der Waals surface area contributed by atoms with Gasteiger partial charge in [-0.05, 0) is 11.4 Å². The van der Waals surface area contributed by atoms with E-state index >= 15 is 0 Å². The minimum atomic E-state index is -0.944. The zero-order valence-corrected chi connectivity index (χ0v) is 12.0. The SMILES string of the molecule is C=CCN1CCN(Cc2cccs2)C(CC(=O)O)C1=O. The average molecular weight is 294 g/mol. The molecular weight excluding hydrogens is 276 g/mol. The molecule has 1 atom stereocenters. The van der Waals surface area contributed by atoms with Gasteiger partial charge in [0.1, 0.15) is 6.04 Å². The quantitative estimate of drug-likeness (QED) is 0.806. The first kappa shape index (κ1) is 14.7. The van der Waals surface area contributed by atoms with Gasteiger partial charge in [-0.2, -0.15) is 0 Å². The van der Waals surface area contributed by atoms with Crippen molar-refractivity contribution >= 4 is 23.2 Å². The third kappa shape index (κ3) is 3.46. The highest BCUT2D eigenvalue weighted by Crippen LogP contribution is 2.20. The minimum absolute atomic E-state index is 0.116. The van der Waals surface area contributed by atoms with Crippen molar-refractivity contribution in [3.63, 3.8) is 0 Å². The van der Waals surface area contributed by atoms with Crippen LogP contribution in [0.1, 0.15) is 11.3 Å². The largest absolute Gasteiger partial charge is 0.481 e. The number of rotatable bonds is 6. The van der Waals surface area contributed by atoms with Crippen molar-refractivity contribution < 1.29 is 14.7 Å². The summed E-state index contributed by atoms with van der Waals surface area (Å²) in [5.41, 5.74) is 0. The summed E-state index contributed by atoms with van der Waals surface area (Å²) in [5, 5.41) is 11.0. The second kappa shape index (κ2) is 6.67. The minimum Gasteiger partial charge on any atom is -0.481 e. The molecule has 2 heterocycles. The lowest BCUT2D eigenvalue weighted by Gasteiger charge is -2.39. The maximum absolute atomic E-state index is 12.4. The summed E-state index contributed by atoms with van der Waals surface area (Å²) in [6.07, 6.45) is 1.52. The van der Waals surface area contributed by atoms with Gasteiger partial charge in [0.25, 0.3) is 0 Å². The van der Waals surface area contributed by atoms with Gasteiger partial charge in [-0.15, -0.1) is 17.9 Å². The summed E-state index contributed by atoms with van der Waals surface area (Å²) in [5.74, 6) is -1.06. The van der Waals surface area contributed by atoms with Crippen LogP contribution in [0, 0.1) is 0 Å². The summed E-state index contributed by atoms with van der Waals surface area (Å²) in [7, 11) is 0. The van der Waals surface area contributed by atoms with Crippen molar-refractivity contribution in [2.75, 3.05) is 19.6 Å². The van der Waals surface area contributed by atoms with Gasteiger partial charge in [0.05, 0.1) is 6.42 Å². The Hall–Kier alpha value is -1.66. The fourth-order valence-corrected chi connectivity index (χ4v) is 3.12. The molecule has 2 rings (SSSR count). The second-order valence-electron chi connectivity index (χ2n) is 4.74. The van der Waals surface area contributed by atoms with Crippen LogP contribution in [0.25, 0.3) is 0 Å². The smallest absolute Gasteiger partial charge is 0.305 e. The fraction of sp³-hybridized carbons (Fsp3) is 0.429. The van der Waals surface area contributed by atoms with E-state index in [2.05, 4.69) is 6.58 Å². The topological polar surface area (TPSA) is 60.9 Å². The molecule has 1 aliphatic heterocycles. The van der Waals surface area contributed by atoms with Gasteiger partial charge in [0, 0.05) is 31.1 Å². The number of carbonyl (C=O) groups is 2. The van der Waals surface area contributed by atoms with E-state index in [-0.39, 0.29) is 12.3 Å². The van der Waals surface area contributed by atoms with Gasteiger partial charge >= 0.3 is 5.97 Å². The van der Waals surface area contributed by atoms with Gasteiger partial charge < -0.3 is 10.0 Å². The van der Waals surface area contributed by atoms with Crippen molar-refractivity contribution in [2.24, 2.45) is 0 Å². The van der Waals surface area contributed by atoms with E-state index < -0.39 is 12.0 Å². The summed E-state index contributed by atoms with van der Waals surface area (Å²) in [4.78, 5) is 28.2. The lowest BCUT2D eigenvalue weighted by molar-refractivity contribution is -0.149. The molecule has 0 bridgehead atoms. The Kier molecular flexibility index (Phi) is 4.92. The van der Waals surface area contributed by atoms with Crippen LogP contribution >= 0.6 is 11.3 Å². The van der Waals surface area contributed by atoms with E-state index in [1.807, 2.05) is 22.4 Å². The van der Waals surface area contributed by atoms with Gasteiger partial charge in [-0.1, -0.05) is 12.1 Å². The molecule has 20 heavy (non-hydrogen) atoms. The average Bonchev–Trinajstić information content (AvgIpc) is 2.90. The molecule has 1 fully saturated rings. The number of carboxylic acids is 1. The van der Waals surface area contributed by atoms with Crippen LogP contribution in [0.2, 0.25) is 0 Å². The van der Waals surface area contributed by atoms with Crippen LogP contribution in [0.4, 0.5) is 0 Å². The number of hydrogen-bond donors (Lipinski definition) is 1. The van der Waals surface area contributed by atoms with Gasteiger partial charge in [-0.3, -0.25) is 14.5 Å². The molecule has 1 amide bonds. The summed E-state index contributed by atoms with van der Waals surface area (Å²) < 4.78 is 0.